The predicted molar refractivity (Wildman–Crippen MR) is 61.8 cm³/mol. The van der Waals surface area contributed by atoms with Crippen molar-refractivity contribution in [2.75, 3.05) is 0 Å². The van der Waals surface area contributed by atoms with E-state index in [9.17, 15) is 0 Å². The fourth-order valence-corrected chi connectivity index (χ4v) is 1.76. The van der Waals surface area contributed by atoms with Crippen molar-refractivity contribution >= 4 is 11.6 Å². The molecular formula is C12H12ClNO. The van der Waals surface area contributed by atoms with Crippen LogP contribution in [0.25, 0.3) is 11.3 Å². The zero-order valence-corrected chi connectivity index (χ0v) is 9.21. The van der Waals surface area contributed by atoms with Crippen molar-refractivity contribution in [3.63, 3.8) is 0 Å². The SMILES string of the molecule is Cc1cc(Cl)ccc1-c1ccc(CN)o1. The third-order valence-corrected chi connectivity index (χ3v) is 2.55. The topological polar surface area (TPSA) is 39.2 Å². The lowest BCUT2D eigenvalue weighted by molar-refractivity contribution is 0.525. The van der Waals surface area contributed by atoms with Gasteiger partial charge in [-0.3, -0.25) is 0 Å². The Morgan fingerprint density at radius 1 is 1.27 bits per heavy atom. The minimum absolute atomic E-state index is 0.423. The highest BCUT2D eigenvalue weighted by Crippen LogP contribution is 2.27. The number of furan rings is 1. The summed E-state index contributed by atoms with van der Waals surface area (Å²) in [6.07, 6.45) is 0. The molecule has 0 saturated heterocycles. The van der Waals surface area contributed by atoms with Crippen LogP contribution in [0.5, 0.6) is 0 Å². The van der Waals surface area contributed by atoms with Gasteiger partial charge >= 0.3 is 0 Å². The highest BCUT2D eigenvalue weighted by Gasteiger charge is 2.06. The highest BCUT2D eigenvalue weighted by molar-refractivity contribution is 6.30. The Bertz CT molecular complexity index is 476. The Morgan fingerprint density at radius 2 is 2.07 bits per heavy atom. The molecule has 0 amide bonds. The van der Waals surface area contributed by atoms with Crippen LogP contribution in [0.1, 0.15) is 11.3 Å². The molecule has 0 bridgehead atoms. The van der Waals surface area contributed by atoms with Crippen molar-refractivity contribution in [3.05, 3.63) is 46.7 Å². The first-order chi connectivity index (χ1) is 7.20. The number of hydrogen-bond acceptors (Lipinski definition) is 2. The summed E-state index contributed by atoms with van der Waals surface area (Å²) in [5.74, 6) is 1.63. The first-order valence-electron chi connectivity index (χ1n) is 4.76. The standard InChI is InChI=1S/C12H12ClNO/c1-8-6-9(13)2-4-11(8)12-5-3-10(7-14)15-12/h2-6H,7,14H2,1H3. The first kappa shape index (κ1) is 10.3. The predicted octanol–water partition coefficient (Wildman–Crippen LogP) is 3.37. The largest absolute Gasteiger partial charge is 0.460 e. The van der Waals surface area contributed by atoms with E-state index < -0.39 is 0 Å². The molecule has 0 unspecified atom stereocenters. The Hall–Kier alpha value is -1.25. The van der Waals surface area contributed by atoms with Crippen molar-refractivity contribution in [2.24, 2.45) is 5.73 Å². The molecular weight excluding hydrogens is 210 g/mol. The summed E-state index contributed by atoms with van der Waals surface area (Å²) in [7, 11) is 0. The molecule has 0 aliphatic rings. The molecule has 0 saturated carbocycles. The van der Waals surface area contributed by atoms with E-state index in [1.807, 2.05) is 37.3 Å². The van der Waals surface area contributed by atoms with Gasteiger partial charge in [0.25, 0.3) is 0 Å². The summed E-state index contributed by atoms with van der Waals surface area (Å²) < 4.78 is 5.57. The van der Waals surface area contributed by atoms with Gasteiger partial charge in [-0.2, -0.15) is 0 Å². The van der Waals surface area contributed by atoms with Crippen LogP contribution in [-0.2, 0) is 6.54 Å². The van der Waals surface area contributed by atoms with Crippen molar-refractivity contribution in [2.45, 2.75) is 13.5 Å². The molecule has 2 aromatic rings. The van der Waals surface area contributed by atoms with Crippen LogP contribution in [0.2, 0.25) is 5.02 Å². The molecule has 1 aromatic carbocycles. The summed E-state index contributed by atoms with van der Waals surface area (Å²) in [6, 6.07) is 9.55. The van der Waals surface area contributed by atoms with Gasteiger partial charge in [-0.25, -0.2) is 0 Å². The van der Waals surface area contributed by atoms with Gasteiger partial charge in [0.2, 0.25) is 0 Å². The summed E-state index contributed by atoms with van der Waals surface area (Å²) >= 11 is 5.89. The van der Waals surface area contributed by atoms with Crippen molar-refractivity contribution in [3.8, 4) is 11.3 Å². The molecule has 2 rings (SSSR count). The lowest BCUT2D eigenvalue weighted by Gasteiger charge is -2.02. The fourth-order valence-electron chi connectivity index (χ4n) is 1.54. The van der Waals surface area contributed by atoms with E-state index >= 15 is 0 Å². The Labute approximate surface area is 93.7 Å². The maximum atomic E-state index is 5.89. The van der Waals surface area contributed by atoms with Gasteiger partial charge in [-0.1, -0.05) is 11.6 Å². The Morgan fingerprint density at radius 3 is 2.67 bits per heavy atom. The zero-order valence-electron chi connectivity index (χ0n) is 8.46. The second-order valence-corrected chi connectivity index (χ2v) is 3.87. The average molecular weight is 222 g/mol. The summed E-state index contributed by atoms with van der Waals surface area (Å²) in [5, 5.41) is 0.738. The molecule has 0 fully saturated rings. The van der Waals surface area contributed by atoms with E-state index in [1.165, 1.54) is 0 Å². The monoisotopic (exact) mass is 221 g/mol. The minimum atomic E-state index is 0.423. The molecule has 0 spiro atoms. The minimum Gasteiger partial charge on any atom is -0.460 e. The van der Waals surface area contributed by atoms with Crippen molar-refractivity contribution < 1.29 is 4.42 Å². The van der Waals surface area contributed by atoms with E-state index in [2.05, 4.69) is 0 Å². The van der Waals surface area contributed by atoms with E-state index in [0.29, 0.717) is 6.54 Å². The number of rotatable bonds is 2. The Kier molecular flexibility index (Phi) is 2.80. The average Bonchev–Trinajstić information content (AvgIpc) is 2.66. The quantitative estimate of drug-likeness (QED) is 0.845. The summed E-state index contributed by atoms with van der Waals surface area (Å²) in [5.41, 5.74) is 7.64. The molecule has 0 aliphatic carbocycles. The molecule has 15 heavy (non-hydrogen) atoms. The molecule has 0 radical (unpaired) electrons. The highest BCUT2D eigenvalue weighted by atomic mass is 35.5. The molecule has 78 valence electrons. The van der Waals surface area contributed by atoms with E-state index in [4.69, 9.17) is 21.8 Å². The molecule has 3 heteroatoms. The van der Waals surface area contributed by atoms with Gasteiger partial charge in [-0.05, 0) is 42.8 Å². The van der Waals surface area contributed by atoms with E-state index in [-0.39, 0.29) is 0 Å². The zero-order chi connectivity index (χ0) is 10.8. The molecule has 0 atom stereocenters. The van der Waals surface area contributed by atoms with Crippen LogP contribution in [0.4, 0.5) is 0 Å². The first-order valence-corrected chi connectivity index (χ1v) is 5.14. The van der Waals surface area contributed by atoms with Crippen LogP contribution in [0.15, 0.2) is 34.7 Å². The number of benzene rings is 1. The third kappa shape index (κ3) is 2.06. The third-order valence-electron chi connectivity index (χ3n) is 2.32. The Balaban J connectivity index is 2.44. The smallest absolute Gasteiger partial charge is 0.134 e. The van der Waals surface area contributed by atoms with Crippen LogP contribution >= 0.6 is 11.6 Å². The van der Waals surface area contributed by atoms with E-state index in [1.54, 1.807) is 0 Å². The van der Waals surface area contributed by atoms with Gasteiger partial charge in [0, 0.05) is 10.6 Å². The maximum Gasteiger partial charge on any atom is 0.134 e. The van der Waals surface area contributed by atoms with E-state index in [0.717, 1.165) is 27.7 Å². The second-order valence-electron chi connectivity index (χ2n) is 3.43. The fraction of sp³-hybridized carbons (Fsp3) is 0.167. The van der Waals surface area contributed by atoms with Crippen LogP contribution in [0, 0.1) is 6.92 Å². The van der Waals surface area contributed by atoms with Gasteiger partial charge < -0.3 is 10.2 Å². The molecule has 2 nitrogen and oxygen atoms in total. The number of halogens is 1. The van der Waals surface area contributed by atoms with Crippen LogP contribution in [-0.4, -0.2) is 0 Å². The maximum absolute atomic E-state index is 5.89. The summed E-state index contributed by atoms with van der Waals surface area (Å²) in [6.45, 7) is 2.43. The normalized spacial score (nSPS) is 10.6. The van der Waals surface area contributed by atoms with Crippen LogP contribution in [0.3, 0.4) is 0 Å². The molecule has 1 heterocycles. The van der Waals surface area contributed by atoms with Crippen molar-refractivity contribution in [1.29, 1.82) is 0 Å². The summed E-state index contributed by atoms with van der Waals surface area (Å²) in [4.78, 5) is 0. The second kappa shape index (κ2) is 4.09. The lowest BCUT2D eigenvalue weighted by Crippen LogP contribution is -1.92. The van der Waals surface area contributed by atoms with Gasteiger partial charge in [0.1, 0.15) is 11.5 Å². The van der Waals surface area contributed by atoms with Gasteiger partial charge in [0.05, 0.1) is 6.54 Å². The molecule has 2 N–H and O–H groups in total. The molecule has 1 aromatic heterocycles. The number of nitrogens with two attached hydrogens (primary N) is 1. The van der Waals surface area contributed by atoms with Gasteiger partial charge in [0.15, 0.2) is 0 Å². The number of hydrogen-bond donors (Lipinski definition) is 1. The number of aryl methyl sites for hydroxylation is 1. The molecule has 0 aliphatic heterocycles. The van der Waals surface area contributed by atoms with Crippen LogP contribution < -0.4 is 5.73 Å². The van der Waals surface area contributed by atoms with Crippen molar-refractivity contribution in [1.82, 2.24) is 0 Å². The van der Waals surface area contributed by atoms with Gasteiger partial charge in [-0.15, -0.1) is 0 Å². The lowest BCUT2D eigenvalue weighted by atomic mass is 10.1.